The Labute approximate surface area is 123 Å². The molecule has 0 spiro atoms. The lowest BCUT2D eigenvalue weighted by Gasteiger charge is -2.24. The minimum atomic E-state index is -1.43. The van der Waals surface area contributed by atoms with Crippen LogP contribution in [-0.2, 0) is 0 Å². The second kappa shape index (κ2) is 4.59. The van der Waals surface area contributed by atoms with E-state index in [0.29, 0.717) is 5.46 Å². The fourth-order valence-electron chi connectivity index (χ4n) is 2.95. The van der Waals surface area contributed by atoms with E-state index in [1.165, 1.54) is 22.3 Å². The summed E-state index contributed by atoms with van der Waals surface area (Å²) in [7, 11) is -1.43. The topological polar surface area (TPSA) is 40.5 Å². The first-order chi connectivity index (χ1) is 10.2. The van der Waals surface area contributed by atoms with Crippen molar-refractivity contribution in [2.75, 3.05) is 0 Å². The van der Waals surface area contributed by atoms with Gasteiger partial charge in [0, 0.05) is 0 Å². The molecule has 0 fully saturated rings. The SMILES string of the molecule is OB(O)c1cccc(-c2ccc3c(c2)-c2ccccc2-3)c1. The summed E-state index contributed by atoms with van der Waals surface area (Å²) in [6, 6.07) is 22.1. The highest BCUT2D eigenvalue weighted by Gasteiger charge is 2.21. The molecule has 4 rings (SSSR count). The lowest BCUT2D eigenvalue weighted by atomic mass is 9.77. The summed E-state index contributed by atoms with van der Waals surface area (Å²) < 4.78 is 0. The van der Waals surface area contributed by atoms with Gasteiger partial charge in [-0.15, -0.1) is 0 Å². The average Bonchev–Trinajstić information content (AvgIpc) is 2.52. The molecule has 100 valence electrons. The van der Waals surface area contributed by atoms with Gasteiger partial charge in [-0.2, -0.15) is 0 Å². The molecule has 0 saturated carbocycles. The van der Waals surface area contributed by atoms with E-state index in [2.05, 4.69) is 42.5 Å². The van der Waals surface area contributed by atoms with E-state index in [4.69, 9.17) is 0 Å². The van der Waals surface area contributed by atoms with E-state index in [1.807, 2.05) is 18.2 Å². The second-order valence-corrected chi connectivity index (χ2v) is 5.31. The first-order valence-corrected chi connectivity index (χ1v) is 6.94. The van der Waals surface area contributed by atoms with Gasteiger partial charge >= 0.3 is 7.12 Å². The summed E-state index contributed by atoms with van der Waals surface area (Å²) in [5, 5.41) is 18.6. The second-order valence-electron chi connectivity index (χ2n) is 5.31. The van der Waals surface area contributed by atoms with Crippen molar-refractivity contribution in [1.29, 1.82) is 0 Å². The van der Waals surface area contributed by atoms with Crippen molar-refractivity contribution < 1.29 is 10.0 Å². The highest BCUT2D eigenvalue weighted by atomic mass is 16.4. The third-order valence-electron chi connectivity index (χ3n) is 4.05. The van der Waals surface area contributed by atoms with Crippen LogP contribution in [0.1, 0.15) is 0 Å². The molecular formula is C18H13BO2. The number of rotatable bonds is 2. The monoisotopic (exact) mass is 272 g/mol. The smallest absolute Gasteiger partial charge is 0.423 e. The highest BCUT2D eigenvalue weighted by molar-refractivity contribution is 6.58. The first-order valence-electron chi connectivity index (χ1n) is 6.94. The summed E-state index contributed by atoms with van der Waals surface area (Å²) in [5.41, 5.74) is 7.73. The van der Waals surface area contributed by atoms with Gasteiger partial charge in [-0.05, 0) is 44.9 Å². The standard InChI is InChI=1S/C18H13BO2/c20-19(21)14-5-3-4-12(10-14)13-8-9-17-15-6-1-2-7-16(15)18(17)11-13/h1-11,20-21H. The minimum absolute atomic E-state index is 0.510. The number of hydrogen-bond acceptors (Lipinski definition) is 2. The summed E-state index contributed by atoms with van der Waals surface area (Å²) >= 11 is 0. The third kappa shape index (κ3) is 1.90. The van der Waals surface area contributed by atoms with Crippen LogP contribution in [0, 0.1) is 0 Å². The molecule has 0 heterocycles. The maximum absolute atomic E-state index is 9.29. The number of fused-ring (bicyclic) bond motifs is 4. The molecule has 1 aliphatic rings. The van der Waals surface area contributed by atoms with E-state index in [-0.39, 0.29) is 0 Å². The Kier molecular flexibility index (Phi) is 2.71. The molecule has 1 aliphatic carbocycles. The van der Waals surface area contributed by atoms with Crippen LogP contribution in [0.2, 0.25) is 0 Å². The highest BCUT2D eigenvalue weighted by Crippen LogP contribution is 2.47. The largest absolute Gasteiger partial charge is 0.488 e. The van der Waals surface area contributed by atoms with Crippen molar-refractivity contribution in [2.45, 2.75) is 0 Å². The average molecular weight is 272 g/mol. The van der Waals surface area contributed by atoms with Gasteiger partial charge in [0.05, 0.1) is 0 Å². The fourth-order valence-corrected chi connectivity index (χ4v) is 2.95. The quantitative estimate of drug-likeness (QED) is 0.551. The van der Waals surface area contributed by atoms with Crippen molar-refractivity contribution in [3.63, 3.8) is 0 Å². The van der Waals surface area contributed by atoms with Gasteiger partial charge in [0.2, 0.25) is 0 Å². The summed E-state index contributed by atoms with van der Waals surface area (Å²) in [6.45, 7) is 0. The van der Waals surface area contributed by atoms with Crippen LogP contribution in [0.4, 0.5) is 0 Å². The van der Waals surface area contributed by atoms with Crippen LogP contribution >= 0.6 is 0 Å². The Bertz CT molecular complexity index is 840. The van der Waals surface area contributed by atoms with E-state index < -0.39 is 7.12 Å². The predicted octanol–water partition coefficient (Wildman–Crippen LogP) is 2.68. The molecule has 0 atom stereocenters. The van der Waals surface area contributed by atoms with Crippen molar-refractivity contribution in [3.05, 3.63) is 66.7 Å². The number of benzene rings is 3. The zero-order chi connectivity index (χ0) is 14.4. The van der Waals surface area contributed by atoms with Crippen LogP contribution < -0.4 is 5.46 Å². The molecule has 0 unspecified atom stereocenters. The van der Waals surface area contributed by atoms with E-state index in [1.54, 1.807) is 6.07 Å². The first kappa shape index (κ1) is 12.4. The van der Waals surface area contributed by atoms with Gasteiger partial charge in [-0.25, -0.2) is 0 Å². The lowest BCUT2D eigenvalue weighted by molar-refractivity contribution is 0.426. The van der Waals surface area contributed by atoms with Gasteiger partial charge in [0.25, 0.3) is 0 Å². The van der Waals surface area contributed by atoms with Gasteiger partial charge in [0.1, 0.15) is 0 Å². The third-order valence-corrected chi connectivity index (χ3v) is 4.05. The Morgan fingerprint density at radius 1 is 0.571 bits per heavy atom. The maximum atomic E-state index is 9.29. The fraction of sp³-hybridized carbons (Fsp3) is 0. The van der Waals surface area contributed by atoms with E-state index >= 15 is 0 Å². The van der Waals surface area contributed by atoms with Crippen LogP contribution in [0.25, 0.3) is 33.4 Å². The molecule has 21 heavy (non-hydrogen) atoms. The Morgan fingerprint density at radius 2 is 1.24 bits per heavy atom. The molecule has 3 heteroatoms. The molecule has 2 nitrogen and oxygen atoms in total. The zero-order valence-corrected chi connectivity index (χ0v) is 11.3. The van der Waals surface area contributed by atoms with Crippen LogP contribution in [0.5, 0.6) is 0 Å². The molecule has 0 aliphatic heterocycles. The van der Waals surface area contributed by atoms with Gasteiger partial charge < -0.3 is 10.0 Å². The zero-order valence-electron chi connectivity index (χ0n) is 11.3. The molecule has 0 amide bonds. The van der Waals surface area contributed by atoms with Crippen LogP contribution in [-0.4, -0.2) is 17.2 Å². The summed E-state index contributed by atoms with van der Waals surface area (Å²) in [6.07, 6.45) is 0. The van der Waals surface area contributed by atoms with Crippen LogP contribution in [0.15, 0.2) is 66.7 Å². The molecule has 0 aromatic heterocycles. The van der Waals surface area contributed by atoms with Gasteiger partial charge in [-0.3, -0.25) is 0 Å². The maximum Gasteiger partial charge on any atom is 0.488 e. The molecule has 0 radical (unpaired) electrons. The summed E-state index contributed by atoms with van der Waals surface area (Å²) in [4.78, 5) is 0. The lowest BCUT2D eigenvalue weighted by Crippen LogP contribution is -2.29. The van der Waals surface area contributed by atoms with Crippen molar-refractivity contribution in [3.8, 4) is 33.4 Å². The minimum Gasteiger partial charge on any atom is -0.423 e. The van der Waals surface area contributed by atoms with Crippen molar-refractivity contribution in [2.24, 2.45) is 0 Å². The molecule has 0 saturated heterocycles. The van der Waals surface area contributed by atoms with Crippen molar-refractivity contribution in [1.82, 2.24) is 0 Å². The molecule has 2 N–H and O–H groups in total. The Morgan fingerprint density at radius 3 is 2.00 bits per heavy atom. The van der Waals surface area contributed by atoms with E-state index in [9.17, 15) is 10.0 Å². The van der Waals surface area contributed by atoms with Crippen molar-refractivity contribution >= 4 is 12.6 Å². The molecule has 0 bridgehead atoms. The Balaban J connectivity index is 1.79. The summed E-state index contributed by atoms with van der Waals surface area (Å²) in [5.74, 6) is 0. The normalized spacial score (nSPS) is 11.3. The predicted molar refractivity (Wildman–Crippen MR) is 86.1 cm³/mol. The van der Waals surface area contributed by atoms with E-state index in [0.717, 1.165) is 11.1 Å². The van der Waals surface area contributed by atoms with Crippen LogP contribution in [0.3, 0.4) is 0 Å². The number of hydrogen-bond donors (Lipinski definition) is 2. The molecule has 3 aromatic carbocycles. The van der Waals surface area contributed by atoms with Gasteiger partial charge in [0.15, 0.2) is 0 Å². The Hall–Kier alpha value is -2.36. The molecule has 3 aromatic rings. The molecular weight excluding hydrogens is 259 g/mol. The van der Waals surface area contributed by atoms with Gasteiger partial charge in [-0.1, -0.05) is 60.7 Å².